The molecule has 1 aromatic carbocycles. The molecule has 1 aliphatic heterocycles. The molecule has 24 heavy (non-hydrogen) atoms. The predicted octanol–water partition coefficient (Wildman–Crippen LogP) is 0.697. The number of aromatic nitrogens is 2. The van der Waals surface area contributed by atoms with Crippen LogP contribution in [0, 0.1) is 0 Å². The number of amides is 1. The number of likely N-dealkylation sites (N-methyl/N-ethyl adjacent to an activating group) is 1. The van der Waals surface area contributed by atoms with Gasteiger partial charge in [-0.1, -0.05) is 18.2 Å². The molecule has 7 nitrogen and oxygen atoms in total. The first kappa shape index (κ1) is 15.8. The number of carbonyl (C=O) groups excluding carboxylic acids is 1. The van der Waals surface area contributed by atoms with Gasteiger partial charge < -0.3 is 10.0 Å². The summed E-state index contributed by atoms with van der Waals surface area (Å²) in [4.78, 5) is 38.4. The summed E-state index contributed by atoms with van der Waals surface area (Å²) in [5.41, 5.74) is 0.405. The van der Waals surface area contributed by atoms with Crippen molar-refractivity contribution < 1.29 is 9.90 Å². The molecule has 7 heteroatoms. The number of benzene rings is 1. The molecular weight excluding hydrogens is 310 g/mol. The molecule has 0 spiro atoms. The topological polar surface area (TPSA) is 84.5 Å². The van der Waals surface area contributed by atoms with Crippen molar-refractivity contribution in [1.82, 2.24) is 9.13 Å². The SMILES string of the molecule is CCN1C(=O)/C(=C\c2c(O)n(C)c(=O)n(C)c2=O)c2ccccc21. The number of fused-ring (bicyclic) bond motifs is 1. The highest BCUT2D eigenvalue weighted by Crippen LogP contribution is 2.37. The molecule has 1 amide bonds. The number of para-hydroxylation sites is 1. The number of nitrogens with zero attached hydrogens (tertiary/aromatic N) is 3. The third kappa shape index (κ3) is 2.09. The Morgan fingerprint density at radius 3 is 2.42 bits per heavy atom. The predicted molar refractivity (Wildman–Crippen MR) is 90.9 cm³/mol. The molecule has 0 atom stereocenters. The highest BCUT2D eigenvalue weighted by Gasteiger charge is 2.31. The number of anilines is 1. The molecule has 0 unspecified atom stereocenters. The first-order valence-electron chi connectivity index (χ1n) is 7.50. The fraction of sp³-hybridized carbons (Fsp3) is 0.235. The van der Waals surface area contributed by atoms with E-state index < -0.39 is 17.1 Å². The molecular formula is C17H17N3O4. The second-order valence-electron chi connectivity index (χ2n) is 5.57. The van der Waals surface area contributed by atoms with Gasteiger partial charge in [-0.3, -0.25) is 18.7 Å². The molecule has 1 aliphatic rings. The fourth-order valence-corrected chi connectivity index (χ4v) is 2.89. The van der Waals surface area contributed by atoms with Crippen LogP contribution in [0.3, 0.4) is 0 Å². The normalized spacial score (nSPS) is 15.2. The quantitative estimate of drug-likeness (QED) is 0.823. The van der Waals surface area contributed by atoms with E-state index in [1.54, 1.807) is 17.0 Å². The number of rotatable bonds is 2. The van der Waals surface area contributed by atoms with Gasteiger partial charge in [0.25, 0.3) is 11.5 Å². The molecule has 0 radical (unpaired) electrons. The molecule has 0 bridgehead atoms. The zero-order chi connectivity index (χ0) is 17.6. The molecule has 3 rings (SSSR count). The van der Waals surface area contributed by atoms with Crippen molar-refractivity contribution in [2.75, 3.05) is 11.4 Å². The maximum atomic E-state index is 12.7. The lowest BCUT2D eigenvalue weighted by molar-refractivity contribution is -0.112. The van der Waals surface area contributed by atoms with Crippen LogP contribution in [0.15, 0.2) is 33.9 Å². The second kappa shape index (κ2) is 5.52. The van der Waals surface area contributed by atoms with Crippen LogP contribution in [0.2, 0.25) is 0 Å². The Kier molecular flexibility index (Phi) is 3.63. The third-order valence-electron chi connectivity index (χ3n) is 4.23. The monoisotopic (exact) mass is 327 g/mol. The van der Waals surface area contributed by atoms with Gasteiger partial charge in [0.15, 0.2) is 0 Å². The van der Waals surface area contributed by atoms with E-state index in [9.17, 15) is 19.5 Å². The minimum absolute atomic E-state index is 0.0873. The van der Waals surface area contributed by atoms with Crippen molar-refractivity contribution in [2.24, 2.45) is 14.1 Å². The van der Waals surface area contributed by atoms with Gasteiger partial charge in [0.1, 0.15) is 5.56 Å². The van der Waals surface area contributed by atoms with Crippen LogP contribution in [0.25, 0.3) is 11.6 Å². The van der Waals surface area contributed by atoms with E-state index in [2.05, 4.69) is 0 Å². The van der Waals surface area contributed by atoms with Gasteiger partial charge in [-0.05, 0) is 19.1 Å². The van der Waals surface area contributed by atoms with Gasteiger partial charge in [-0.2, -0.15) is 0 Å². The van der Waals surface area contributed by atoms with Gasteiger partial charge in [0.05, 0.1) is 11.3 Å². The molecule has 124 valence electrons. The van der Waals surface area contributed by atoms with E-state index in [-0.39, 0.29) is 11.5 Å². The lowest BCUT2D eigenvalue weighted by Gasteiger charge is -2.13. The lowest BCUT2D eigenvalue weighted by atomic mass is 10.1. The Labute approximate surface area is 137 Å². The third-order valence-corrected chi connectivity index (χ3v) is 4.23. The Morgan fingerprint density at radius 1 is 1.08 bits per heavy atom. The molecule has 0 saturated carbocycles. The van der Waals surface area contributed by atoms with E-state index in [0.29, 0.717) is 17.7 Å². The Hall–Kier alpha value is -3.09. The lowest BCUT2D eigenvalue weighted by Crippen LogP contribution is -2.38. The molecule has 1 aromatic heterocycles. The van der Waals surface area contributed by atoms with E-state index >= 15 is 0 Å². The summed E-state index contributed by atoms with van der Waals surface area (Å²) in [7, 11) is 2.69. The molecule has 0 aliphatic carbocycles. The zero-order valence-electron chi connectivity index (χ0n) is 13.6. The first-order valence-corrected chi connectivity index (χ1v) is 7.50. The number of hydrogen-bond donors (Lipinski definition) is 1. The molecule has 0 fully saturated rings. The number of hydrogen-bond acceptors (Lipinski definition) is 4. The maximum absolute atomic E-state index is 12.7. The van der Waals surface area contributed by atoms with Gasteiger partial charge in [0, 0.05) is 26.2 Å². The summed E-state index contributed by atoms with van der Waals surface area (Å²) < 4.78 is 1.87. The van der Waals surface area contributed by atoms with Crippen molar-refractivity contribution in [3.63, 3.8) is 0 Å². The van der Waals surface area contributed by atoms with Crippen molar-refractivity contribution in [3.8, 4) is 5.88 Å². The molecule has 1 N–H and O–H groups in total. The Bertz CT molecular complexity index is 998. The van der Waals surface area contributed by atoms with Crippen LogP contribution in [0.1, 0.15) is 18.1 Å². The van der Waals surface area contributed by atoms with Crippen LogP contribution >= 0.6 is 0 Å². The zero-order valence-corrected chi connectivity index (χ0v) is 13.6. The number of aromatic hydroxyl groups is 1. The molecule has 2 heterocycles. The highest BCUT2D eigenvalue weighted by molar-refractivity contribution is 6.35. The van der Waals surface area contributed by atoms with Gasteiger partial charge in [-0.25, -0.2) is 4.79 Å². The second-order valence-corrected chi connectivity index (χ2v) is 5.57. The Balaban J connectivity index is 2.30. The molecule has 0 saturated heterocycles. The average molecular weight is 327 g/mol. The van der Waals surface area contributed by atoms with Crippen molar-refractivity contribution >= 4 is 23.2 Å². The van der Waals surface area contributed by atoms with Crippen molar-refractivity contribution in [1.29, 1.82) is 0 Å². The maximum Gasteiger partial charge on any atom is 0.333 e. The minimum atomic E-state index is -0.650. The van der Waals surface area contributed by atoms with E-state index in [1.807, 2.05) is 19.1 Å². The minimum Gasteiger partial charge on any atom is -0.494 e. The fourth-order valence-electron chi connectivity index (χ4n) is 2.89. The number of carbonyl (C=O) groups is 1. The summed E-state index contributed by atoms with van der Waals surface area (Å²) in [6.07, 6.45) is 1.36. The van der Waals surface area contributed by atoms with Crippen LogP contribution in [0.5, 0.6) is 5.88 Å². The summed E-state index contributed by atoms with van der Waals surface area (Å²) in [6.45, 7) is 2.35. The van der Waals surface area contributed by atoms with E-state index in [0.717, 1.165) is 14.8 Å². The Morgan fingerprint density at radius 2 is 1.75 bits per heavy atom. The van der Waals surface area contributed by atoms with Gasteiger partial charge in [0.2, 0.25) is 5.88 Å². The average Bonchev–Trinajstić information content (AvgIpc) is 2.86. The summed E-state index contributed by atoms with van der Waals surface area (Å²) in [6, 6.07) is 7.26. The largest absolute Gasteiger partial charge is 0.494 e. The smallest absolute Gasteiger partial charge is 0.333 e. The van der Waals surface area contributed by atoms with Gasteiger partial charge in [-0.15, -0.1) is 0 Å². The van der Waals surface area contributed by atoms with Crippen LogP contribution in [-0.4, -0.2) is 26.7 Å². The molecule has 2 aromatic rings. The summed E-state index contributed by atoms with van der Waals surface area (Å²) in [5, 5.41) is 10.2. The first-order chi connectivity index (χ1) is 11.4. The van der Waals surface area contributed by atoms with Crippen LogP contribution in [-0.2, 0) is 18.9 Å². The van der Waals surface area contributed by atoms with E-state index in [4.69, 9.17) is 0 Å². The summed E-state index contributed by atoms with van der Waals surface area (Å²) in [5.74, 6) is -0.704. The van der Waals surface area contributed by atoms with E-state index in [1.165, 1.54) is 20.2 Å². The van der Waals surface area contributed by atoms with Crippen molar-refractivity contribution in [3.05, 3.63) is 56.2 Å². The highest BCUT2D eigenvalue weighted by atomic mass is 16.3. The van der Waals surface area contributed by atoms with Crippen LogP contribution < -0.4 is 16.1 Å². The summed E-state index contributed by atoms with van der Waals surface area (Å²) >= 11 is 0. The van der Waals surface area contributed by atoms with Crippen LogP contribution in [0.4, 0.5) is 5.69 Å². The van der Waals surface area contributed by atoms with Gasteiger partial charge >= 0.3 is 5.69 Å². The van der Waals surface area contributed by atoms with Crippen molar-refractivity contribution in [2.45, 2.75) is 6.92 Å². The standard InChI is InChI=1S/C17H17N3O4/c1-4-20-13-8-6-5-7-10(13)11(16(20)23)9-12-14(21)18(2)17(24)19(3)15(12)22/h5-9,21H,4H2,1-3H3/b11-9-.